The van der Waals surface area contributed by atoms with Gasteiger partial charge in [-0.1, -0.05) is 37.8 Å². The second-order valence-electron chi connectivity index (χ2n) is 3.16. The molecular weight excluding hydrogens is 172 g/mol. The van der Waals surface area contributed by atoms with Crippen LogP contribution in [0, 0.1) is 0 Å². The van der Waals surface area contributed by atoms with E-state index in [0.29, 0.717) is 0 Å². The van der Waals surface area contributed by atoms with Crippen molar-refractivity contribution in [2.24, 2.45) is 5.73 Å². The van der Waals surface area contributed by atoms with Crippen LogP contribution >= 0.6 is 0 Å². The van der Waals surface area contributed by atoms with E-state index in [1.807, 2.05) is 6.07 Å². The molecule has 0 bridgehead atoms. The third-order valence-electron chi connectivity index (χ3n) is 1.98. The molecule has 2 nitrogen and oxygen atoms in total. The van der Waals surface area contributed by atoms with Gasteiger partial charge in [-0.25, -0.2) is 0 Å². The molecule has 0 heterocycles. The molecule has 0 aromatic heterocycles. The number of hydrogen-bond donors (Lipinski definition) is 2. The van der Waals surface area contributed by atoms with Crippen LogP contribution in [0.4, 0.5) is 0 Å². The van der Waals surface area contributed by atoms with Gasteiger partial charge in [0.25, 0.3) is 0 Å². The Balaban J connectivity index is 0.00000169. The van der Waals surface area contributed by atoms with E-state index in [1.54, 1.807) is 0 Å². The third-order valence-corrected chi connectivity index (χ3v) is 1.98. The maximum atomic E-state index is 5.39. The lowest BCUT2D eigenvalue weighted by Crippen LogP contribution is -2.15. The van der Waals surface area contributed by atoms with Gasteiger partial charge in [-0.15, -0.1) is 0 Å². The zero-order valence-electron chi connectivity index (χ0n) is 8.00. The molecule has 0 saturated heterocycles. The fourth-order valence-corrected chi connectivity index (χ4v) is 1.22. The van der Waals surface area contributed by atoms with E-state index < -0.39 is 0 Å². The summed E-state index contributed by atoms with van der Waals surface area (Å²) < 4.78 is 0. The predicted octanol–water partition coefficient (Wildman–Crippen LogP) is 2.15. The van der Waals surface area contributed by atoms with Crippen molar-refractivity contribution >= 4 is 0 Å². The van der Waals surface area contributed by atoms with Crippen LogP contribution in [-0.2, 0) is 6.54 Å². The topological polar surface area (TPSA) is 38.0 Å². The summed E-state index contributed by atoms with van der Waals surface area (Å²) in [6.07, 6.45) is 2.28. The van der Waals surface area contributed by atoms with Crippen LogP contribution in [0.25, 0.3) is 0 Å². The average Bonchev–Trinajstić information content (AvgIpc) is 2.19. The van der Waals surface area contributed by atoms with Gasteiger partial charge >= 0.3 is 0 Å². The van der Waals surface area contributed by atoms with Crippen LogP contribution < -0.4 is 11.1 Å². The maximum Gasteiger partial charge on any atom is 0.0205 e. The number of unbranched alkanes of at least 4 members (excludes halogenated alkanes) is 1. The highest BCUT2D eigenvalue weighted by atomic mass is 14.8. The molecule has 3 N–H and O–H groups in total. The molecule has 0 atom stereocenters. The van der Waals surface area contributed by atoms with Crippen molar-refractivity contribution in [3.05, 3.63) is 35.9 Å². The standard InChI is InChI=1S/C11H18N2.CH4/c12-8-4-5-9-13-10-11-6-2-1-3-7-11;/h1-3,6-7,13H,4-5,8-10,12H2;1H4. The summed E-state index contributed by atoms with van der Waals surface area (Å²) in [5.41, 5.74) is 6.74. The lowest BCUT2D eigenvalue weighted by Gasteiger charge is -2.03. The minimum absolute atomic E-state index is 0. The molecule has 0 saturated carbocycles. The van der Waals surface area contributed by atoms with Crippen molar-refractivity contribution in [3.8, 4) is 0 Å². The van der Waals surface area contributed by atoms with Crippen molar-refractivity contribution in [1.82, 2.24) is 5.32 Å². The first kappa shape index (κ1) is 13.1. The van der Waals surface area contributed by atoms with Crippen molar-refractivity contribution in [1.29, 1.82) is 0 Å². The molecule has 0 amide bonds. The molecule has 1 aromatic rings. The largest absolute Gasteiger partial charge is 0.330 e. The molecule has 0 radical (unpaired) electrons. The fourth-order valence-electron chi connectivity index (χ4n) is 1.22. The zero-order valence-corrected chi connectivity index (χ0v) is 8.00. The van der Waals surface area contributed by atoms with Gasteiger partial charge in [0.05, 0.1) is 0 Å². The first-order chi connectivity index (χ1) is 6.43. The molecule has 0 aliphatic heterocycles. The minimum atomic E-state index is 0. The van der Waals surface area contributed by atoms with Crippen LogP contribution in [0.3, 0.4) is 0 Å². The molecule has 0 unspecified atom stereocenters. The molecule has 1 aromatic carbocycles. The van der Waals surface area contributed by atoms with Gasteiger partial charge in [0.15, 0.2) is 0 Å². The number of benzene rings is 1. The van der Waals surface area contributed by atoms with Crippen LogP contribution in [0.2, 0.25) is 0 Å². The summed E-state index contributed by atoms with van der Waals surface area (Å²) in [5, 5.41) is 3.38. The van der Waals surface area contributed by atoms with Gasteiger partial charge in [-0.05, 0) is 31.5 Å². The molecule has 2 heteroatoms. The molecule has 0 spiro atoms. The van der Waals surface area contributed by atoms with Gasteiger partial charge < -0.3 is 11.1 Å². The van der Waals surface area contributed by atoms with Crippen LogP contribution in [0.5, 0.6) is 0 Å². The van der Waals surface area contributed by atoms with Crippen LogP contribution in [-0.4, -0.2) is 13.1 Å². The van der Waals surface area contributed by atoms with E-state index in [-0.39, 0.29) is 7.43 Å². The lowest BCUT2D eigenvalue weighted by molar-refractivity contribution is 0.627. The highest BCUT2D eigenvalue weighted by Crippen LogP contribution is 1.97. The number of nitrogens with two attached hydrogens (primary N) is 1. The lowest BCUT2D eigenvalue weighted by atomic mass is 10.2. The highest BCUT2D eigenvalue weighted by Gasteiger charge is 1.89. The van der Waals surface area contributed by atoms with Gasteiger partial charge in [0.1, 0.15) is 0 Å². The van der Waals surface area contributed by atoms with Gasteiger partial charge in [-0.3, -0.25) is 0 Å². The fraction of sp³-hybridized carbons (Fsp3) is 0.500. The quantitative estimate of drug-likeness (QED) is 0.681. The Labute approximate surface area is 87.5 Å². The summed E-state index contributed by atoms with van der Waals surface area (Å²) >= 11 is 0. The predicted molar refractivity (Wildman–Crippen MR) is 63.2 cm³/mol. The molecular formula is C12H22N2. The van der Waals surface area contributed by atoms with E-state index in [1.165, 1.54) is 12.0 Å². The summed E-state index contributed by atoms with van der Waals surface area (Å²) in [6.45, 7) is 2.82. The molecule has 0 fully saturated rings. The monoisotopic (exact) mass is 194 g/mol. The molecule has 1 rings (SSSR count). The van der Waals surface area contributed by atoms with Crippen molar-refractivity contribution < 1.29 is 0 Å². The molecule has 80 valence electrons. The van der Waals surface area contributed by atoms with E-state index >= 15 is 0 Å². The first-order valence-electron chi connectivity index (χ1n) is 4.88. The van der Waals surface area contributed by atoms with E-state index in [0.717, 1.165) is 26.1 Å². The molecule has 0 aliphatic carbocycles. The highest BCUT2D eigenvalue weighted by molar-refractivity contribution is 5.14. The van der Waals surface area contributed by atoms with Crippen molar-refractivity contribution in [2.75, 3.05) is 13.1 Å². The Hall–Kier alpha value is -0.860. The third kappa shape index (κ3) is 5.73. The first-order valence-corrected chi connectivity index (χ1v) is 4.88. The molecule has 14 heavy (non-hydrogen) atoms. The number of hydrogen-bond acceptors (Lipinski definition) is 2. The van der Waals surface area contributed by atoms with E-state index in [2.05, 4.69) is 29.6 Å². The van der Waals surface area contributed by atoms with Crippen molar-refractivity contribution in [2.45, 2.75) is 26.8 Å². The molecule has 0 aliphatic rings. The normalized spacial score (nSPS) is 9.50. The maximum absolute atomic E-state index is 5.39. The van der Waals surface area contributed by atoms with Crippen LogP contribution in [0.1, 0.15) is 25.8 Å². The summed E-state index contributed by atoms with van der Waals surface area (Å²) in [5.74, 6) is 0. The van der Waals surface area contributed by atoms with E-state index in [4.69, 9.17) is 5.73 Å². The van der Waals surface area contributed by atoms with Crippen molar-refractivity contribution in [3.63, 3.8) is 0 Å². The van der Waals surface area contributed by atoms with Gasteiger partial charge in [0.2, 0.25) is 0 Å². The Morgan fingerprint density at radius 3 is 2.43 bits per heavy atom. The second kappa shape index (κ2) is 8.73. The minimum Gasteiger partial charge on any atom is -0.330 e. The Bertz CT molecular complexity index is 209. The van der Waals surface area contributed by atoms with E-state index in [9.17, 15) is 0 Å². The average molecular weight is 194 g/mol. The summed E-state index contributed by atoms with van der Waals surface area (Å²) in [4.78, 5) is 0. The van der Waals surface area contributed by atoms with Gasteiger partial charge in [0, 0.05) is 6.54 Å². The summed E-state index contributed by atoms with van der Waals surface area (Å²) in [7, 11) is 0. The number of nitrogens with one attached hydrogen (secondary N) is 1. The summed E-state index contributed by atoms with van der Waals surface area (Å²) in [6, 6.07) is 10.4. The van der Waals surface area contributed by atoms with Gasteiger partial charge in [-0.2, -0.15) is 0 Å². The smallest absolute Gasteiger partial charge is 0.0205 e. The Kier molecular flexibility index (Phi) is 8.19. The zero-order chi connectivity index (χ0) is 9.36. The Morgan fingerprint density at radius 1 is 1.07 bits per heavy atom. The number of rotatable bonds is 6. The SMILES string of the molecule is C.NCCCCNCc1ccccc1. The second-order valence-corrected chi connectivity index (χ2v) is 3.16. The van der Waals surface area contributed by atoms with Crippen LogP contribution in [0.15, 0.2) is 30.3 Å². The Morgan fingerprint density at radius 2 is 1.79 bits per heavy atom.